The minimum atomic E-state index is 0.297. The molecule has 2 fully saturated rings. The number of nitrogens with two attached hydrogens (primary N) is 1. The van der Waals surface area contributed by atoms with Gasteiger partial charge < -0.3 is 20.3 Å². The number of aromatic nitrogens is 3. The molecule has 1 aliphatic heterocycles. The molecule has 110 valence electrons. The maximum absolute atomic E-state index is 5.86. The van der Waals surface area contributed by atoms with Crippen molar-refractivity contribution in [3.63, 3.8) is 0 Å². The van der Waals surface area contributed by atoms with E-state index in [-0.39, 0.29) is 0 Å². The molecule has 7 heteroatoms. The lowest BCUT2D eigenvalue weighted by molar-refractivity contribution is 0.122. The van der Waals surface area contributed by atoms with Crippen LogP contribution >= 0.6 is 0 Å². The summed E-state index contributed by atoms with van der Waals surface area (Å²) in [4.78, 5) is 17.5. The van der Waals surface area contributed by atoms with Crippen molar-refractivity contribution in [3.8, 4) is 0 Å². The van der Waals surface area contributed by atoms with Gasteiger partial charge in [-0.25, -0.2) is 0 Å². The highest BCUT2D eigenvalue weighted by Gasteiger charge is 2.26. The van der Waals surface area contributed by atoms with E-state index in [1.165, 1.54) is 12.8 Å². The molecule has 1 aliphatic carbocycles. The van der Waals surface area contributed by atoms with Crippen molar-refractivity contribution in [2.45, 2.75) is 19.8 Å². The molecule has 2 N–H and O–H groups in total. The molecule has 20 heavy (non-hydrogen) atoms. The van der Waals surface area contributed by atoms with Gasteiger partial charge in [-0.3, -0.25) is 0 Å². The maximum atomic E-state index is 5.86. The van der Waals surface area contributed by atoms with Crippen molar-refractivity contribution >= 4 is 17.8 Å². The first kappa shape index (κ1) is 13.4. The molecular formula is C13H22N6O. The molecule has 7 nitrogen and oxygen atoms in total. The van der Waals surface area contributed by atoms with Gasteiger partial charge in [0.05, 0.1) is 13.2 Å². The Labute approximate surface area is 119 Å². The van der Waals surface area contributed by atoms with Crippen LogP contribution in [-0.4, -0.2) is 54.3 Å². The Morgan fingerprint density at radius 3 is 2.65 bits per heavy atom. The van der Waals surface area contributed by atoms with Crippen molar-refractivity contribution < 1.29 is 4.74 Å². The Bertz CT molecular complexity index is 458. The van der Waals surface area contributed by atoms with Crippen LogP contribution in [0.1, 0.15) is 19.8 Å². The molecule has 2 heterocycles. The zero-order chi connectivity index (χ0) is 13.9. The summed E-state index contributed by atoms with van der Waals surface area (Å²) in [5.41, 5.74) is 5.86. The van der Waals surface area contributed by atoms with Crippen molar-refractivity contribution in [1.29, 1.82) is 0 Å². The molecule has 0 amide bonds. The quantitative estimate of drug-likeness (QED) is 0.841. The Kier molecular flexibility index (Phi) is 3.86. The van der Waals surface area contributed by atoms with E-state index in [1.807, 2.05) is 0 Å². The van der Waals surface area contributed by atoms with E-state index in [4.69, 9.17) is 10.5 Å². The summed E-state index contributed by atoms with van der Waals surface area (Å²) in [6.45, 7) is 7.05. The summed E-state index contributed by atoms with van der Waals surface area (Å²) in [6.07, 6.45) is 2.63. The Balaban J connectivity index is 1.80. The molecule has 0 unspecified atom stereocenters. The van der Waals surface area contributed by atoms with Gasteiger partial charge in [0.2, 0.25) is 17.8 Å². The summed E-state index contributed by atoms with van der Waals surface area (Å²) in [5, 5.41) is 0. The van der Waals surface area contributed by atoms with Gasteiger partial charge in [-0.05, 0) is 25.7 Å². The number of anilines is 3. The zero-order valence-corrected chi connectivity index (χ0v) is 12.0. The average molecular weight is 278 g/mol. The molecule has 1 saturated carbocycles. The Morgan fingerprint density at radius 1 is 1.25 bits per heavy atom. The summed E-state index contributed by atoms with van der Waals surface area (Å²) < 4.78 is 5.36. The van der Waals surface area contributed by atoms with Gasteiger partial charge in [0.15, 0.2) is 0 Å². The Hall–Kier alpha value is -1.63. The second-order valence-corrected chi connectivity index (χ2v) is 5.38. The molecule has 1 saturated heterocycles. The zero-order valence-electron chi connectivity index (χ0n) is 12.0. The van der Waals surface area contributed by atoms with E-state index in [0.717, 1.165) is 32.1 Å². The van der Waals surface area contributed by atoms with Crippen molar-refractivity contribution in [2.24, 2.45) is 5.92 Å². The molecule has 0 aromatic carbocycles. The van der Waals surface area contributed by atoms with Crippen LogP contribution < -0.4 is 15.5 Å². The third-order valence-corrected chi connectivity index (χ3v) is 3.76. The fourth-order valence-corrected chi connectivity index (χ4v) is 2.38. The highest BCUT2D eigenvalue weighted by Crippen LogP contribution is 2.30. The van der Waals surface area contributed by atoms with E-state index in [9.17, 15) is 0 Å². The molecule has 0 spiro atoms. The predicted octanol–water partition coefficient (Wildman–Crippen LogP) is 0.527. The molecule has 2 aliphatic rings. The number of hydrogen-bond acceptors (Lipinski definition) is 7. The second-order valence-electron chi connectivity index (χ2n) is 5.38. The molecule has 1 aromatic heterocycles. The summed E-state index contributed by atoms with van der Waals surface area (Å²) >= 11 is 0. The van der Waals surface area contributed by atoms with Crippen LogP contribution in [-0.2, 0) is 4.74 Å². The summed E-state index contributed by atoms with van der Waals surface area (Å²) in [5.74, 6) is 2.46. The number of nitrogen functional groups attached to an aromatic ring is 1. The van der Waals surface area contributed by atoms with Crippen molar-refractivity contribution in [1.82, 2.24) is 15.0 Å². The van der Waals surface area contributed by atoms with E-state index >= 15 is 0 Å². The minimum Gasteiger partial charge on any atom is -0.378 e. The standard InChI is InChI=1S/C13H22N6O/c1-2-18(9-10-3-4-10)12-15-11(14)16-13(17-12)19-5-7-20-8-6-19/h10H,2-9H2,1H3,(H2,14,15,16,17). The van der Waals surface area contributed by atoms with Crippen LogP contribution in [0.2, 0.25) is 0 Å². The van der Waals surface area contributed by atoms with E-state index in [2.05, 4.69) is 31.7 Å². The lowest BCUT2D eigenvalue weighted by atomic mass is 10.4. The first-order chi connectivity index (χ1) is 9.76. The lowest BCUT2D eigenvalue weighted by Crippen LogP contribution is -2.38. The summed E-state index contributed by atoms with van der Waals surface area (Å²) in [7, 11) is 0. The first-order valence-corrected chi connectivity index (χ1v) is 7.35. The van der Waals surface area contributed by atoms with Gasteiger partial charge in [0, 0.05) is 26.2 Å². The average Bonchev–Trinajstić information content (AvgIpc) is 3.29. The van der Waals surface area contributed by atoms with Crippen LogP contribution in [0.4, 0.5) is 17.8 Å². The van der Waals surface area contributed by atoms with Crippen LogP contribution in [0.3, 0.4) is 0 Å². The van der Waals surface area contributed by atoms with E-state index in [0.29, 0.717) is 31.1 Å². The first-order valence-electron chi connectivity index (χ1n) is 7.35. The third-order valence-electron chi connectivity index (χ3n) is 3.76. The number of nitrogens with zero attached hydrogens (tertiary/aromatic N) is 5. The SMILES string of the molecule is CCN(CC1CC1)c1nc(N)nc(N2CCOCC2)n1. The number of morpholine rings is 1. The van der Waals surface area contributed by atoms with Crippen LogP contribution in [0.5, 0.6) is 0 Å². The van der Waals surface area contributed by atoms with Crippen molar-refractivity contribution in [3.05, 3.63) is 0 Å². The molecule has 1 aromatic rings. The van der Waals surface area contributed by atoms with Gasteiger partial charge in [0.1, 0.15) is 0 Å². The highest BCUT2D eigenvalue weighted by atomic mass is 16.5. The van der Waals surface area contributed by atoms with Gasteiger partial charge in [0.25, 0.3) is 0 Å². The fraction of sp³-hybridized carbons (Fsp3) is 0.769. The smallest absolute Gasteiger partial charge is 0.232 e. The predicted molar refractivity (Wildman–Crippen MR) is 77.9 cm³/mol. The lowest BCUT2D eigenvalue weighted by Gasteiger charge is -2.28. The molecule has 3 rings (SSSR count). The third kappa shape index (κ3) is 3.09. The topological polar surface area (TPSA) is 80.4 Å². The van der Waals surface area contributed by atoms with Gasteiger partial charge in [-0.2, -0.15) is 15.0 Å². The van der Waals surface area contributed by atoms with Crippen molar-refractivity contribution in [2.75, 3.05) is 54.9 Å². The highest BCUT2D eigenvalue weighted by molar-refractivity contribution is 5.43. The normalized spacial score (nSPS) is 19.1. The Morgan fingerprint density at radius 2 is 2.00 bits per heavy atom. The fourth-order valence-electron chi connectivity index (χ4n) is 2.38. The maximum Gasteiger partial charge on any atom is 0.232 e. The van der Waals surface area contributed by atoms with Crippen LogP contribution in [0.15, 0.2) is 0 Å². The van der Waals surface area contributed by atoms with E-state index in [1.54, 1.807) is 0 Å². The van der Waals surface area contributed by atoms with Crippen LogP contribution in [0.25, 0.3) is 0 Å². The molecule has 0 atom stereocenters. The summed E-state index contributed by atoms with van der Waals surface area (Å²) in [6, 6.07) is 0. The molecule has 0 radical (unpaired) electrons. The minimum absolute atomic E-state index is 0.297. The molecular weight excluding hydrogens is 256 g/mol. The van der Waals surface area contributed by atoms with E-state index < -0.39 is 0 Å². The van der Waals surface area contributed by atoms with Crippen LogP contribution in [0, 0.1) is 5.92 Å². The number of hydrogen-bond donors (Lipinski definition) is 1. The molecule has 0 bridgehead atoms. The van der Waals surface area contributed by atoms with Gasteiger partial charge >= 0.3 is 0 Å². The van der Waals surface area contributed by atoms with Gasteiger partial charge in [-0.1, -0.05) is 0 Å². The largest absolute Gasteiger partial charge is 0.378 e. The number of rotatable bonds is 5. The monoisotopic (exact) mass is 278 g/mol. The number of ether oxygens (including phenoxy) is 1. The van der Waals surface area contributed by atoms with Gasteiger partial charge in [-0.15, -0.1) is 0 Å². The second kappa shape index (κ2) is 5.78.